The molecule has 21 heavy (non-hydrogen) atoms. The molecular weight excluding hydrogens is 276 g/mol. The van der Waals surface area contributed by atoms with Crippen LogP contribution in [0.25, 0.3) is 11.4 Å². The average molecular weight is 298 g/mol. The molecule has 3 heteroatoms. The third-order valence-electron chi connectivity index (χ3n) is 4.35. The van der Waals surface area contributed by atoms with Crippen molar-refractivity contribution >= 4 is 12.2 Å². The van der Waals surface area contributed by atoms with Crippen LogP contribution in [0.4, 0.5) is 0 Å². The monoisotopic (exact) mass is 298 g/mol. The Hall–Kier alpha value is -1.48. The molecule has 2 nitrogen and oxygen atoms in total. The molecule has 0 radical (unpaired) electrons. The number of aromatic nitrogens is 2. The highest BCUT2D eigenvalue weighted by Crippen LogP contribution is 2.32. The fourth-order valence-electron chi connectivity index (χ4n) is 3.38. The van der Waals surface area contributed by atoms with E-state index in [9.17, 15) is 0 Å². The van der Waals surface area contributed by atoms with Crippen LogP contribution in [0.5, 0.6) is 0 Å². The highest BCUT2D eigenvalue weighted by molar-refractivity contribution is 7.71. The van der Waals surface area contributed by atoms with Gasteiger partial charge in [0, 0.05) is 22.9 Å². The molecule has 3 rings (SSSR count). The van der Waals surface area contributed by atoms with E-state index in [4.69, 9.17) is 17.2 Å². The Bertz CT molecular complexity index is 688. The lowest BCUT2D eigenvalue weighted by Gasteiger charge is -2.24. The van der Waals surface area contributed by atoms with Gasteiger partial charge in [0.25, 0.3) is 0 Å². The maximum Gasteiger partial charge on any atom is 0.142 e. The fraction of sp³-hybridized carbons (Fsp3) is 0.444. The summed E-state index contributed by atoms with van der Waals surface area (Å²) in [6.07, 6.45) is 5.80. The van der Waals surface area contributed by atoms with E-state index in [2.05, 4.69) is 42.7 Å². The van der Waals surface area contributed by atoms with Crippen LogP contribution in [-0.4, -0.2) is 9.55 Å². The molecule has 0 saturated heterocycles. The molecule has 1 atom stereocenters. The second kappa shape index (κ2) is 6.10. The normalized spacial score (nSPS) is 15.0. The standard InChI is InChI=1S/C18H22N2S/c1-3-8-13(2)20-16-12-7-11-15(16)18(21)19-17(20)14-9-5-4-6-10-14/h4-6,9-10,13H,3,7-8,11-12H2,1-2H3. The van der Waals surface area contributed by atoms with Gasteiger partial charge >= 0.3 is 0 Å². The lowest BCUT2D eigenvalue weighted by Crippen LogP contribution is -2.16. The van der Waals surface area contributed by atoms with E-state index in [0.717, 1.165) is 23.3 Å². The summed E-state index contributed by atoms with van der Waals surface area (Å²) in [7, 11) is 0. The van der Waals surface area contributed by atoms with Gasteiger partial charge in [-0.2, -0.15) is 0 Å². The molecule has 0 saturated carbocycles. The van der Waals surface area contributed by atoms with Crippen molar-refractivity contribution < 1.29 is 0 Å². The largest absolute Gasteiger partial charge is 0.326 e. The highest BCUT2D eigenvalue weighted by atomic mass is 32.1. The summed E-state index contributed by atoms with van der Waals surface area (Å²) in [6, 6.07) is 10.9. The Balaban J connectivity index is 2.23. The molecule has 0 aliphatic heterocycles. The Morgan fingerprint density at radius 3 is 2.71 bits per heavy atom. The van der Waals surface area contributed by atoms with E-state index in [-0.39, 0.29) is 0 Å². The Morgan fingerprint density at radius 1 is 1.24 bits per heavy atom. The molecule has 0 N–H and O–H groups in total. The van der Waals surface area contributed by atoms with E-state index >= 15 is 0 Å². The zero-order valence-corrected chi connectivity index (χ0v) is 13.6. The van der Waals surface area contributed by atoms with Crippen LogP contribution in [0.15, 0.2) is 30.3 Å². The Labute approximate surface area is 131 Å². The first-order valence-electron chi connectivity index (χ1n) is 7.92. The summed E-state index contributed by atoms with van der Waals surface area (Å²) in [4.78, 5) is 4.80. The smallest absolute Gasteiger partial charge is 0.142 e. The summed E-state index contributed by atoms with van der Waals surface area (Å²) in [5.41, 5.74) is 3.91. The van der Waals surface area contributed by atoms with E-state index < -0.39 is 0 Å². The molecule has 1 unspecified atom stereocenters. The molecule has 0 fully saturated rings. The predicted octanol–water partition coefficient (Wildman–Crippen LogP) is 5.13. The Kier molecular flexibility index (Phi) is 4.20. The maximum absolute atomic E-state index is 5.55. The number of rotatable bonds is 4. The van der Waals surface area contributed by atoms with E-state index in [1.807, 2.05) is 6.07 Å². The minimum absolute atomic E-state index is 0.472. The van der Waals surface area contributed by atoms with Crippen LogP contribution in [-0.2, 0) is 12.8 Å². The van der Waals surface area contributed by atoms with Gasteiger partial charge < -0.3 is 4.57 Å². The van der Waals surface area contributed by atoms with Gasteiger partial charge in [-0.25, -0.2) is 4.98 Å². The highest BCUT2D eigenvalue weighted by Gasteiger charge is 2.22. The van der Waals surface area contributed by atoms with Crippen molar-refractivity contribution in [2.75, 3.05) is 0 Å². The summed E-state index contributed by atoms with van der Waals surface area (Å²) >= 11 is 5.55. The van der Waals surface area contributed by atoms with Gasteiger partial charge in [-0.15, -0.1) is 0 Å². The predicted molar refractivity (Wildman–Crippen MR) is 90.1 cm³/mol. The fourth-order valence-corrected chi connectivity index (χ4v) is 3.69. The first-order valence-corrected chi connectivity index (χ1v) is 8.33. The molecule has 0 amide bonds. The average Bonchev–Trinajstić information content (AvgIpc) is 2.98. The number of fused-ring (bicyclic) bond motifs is 1. The van der Waals surface area contributed by atoms with Gasteiger partial charge in [-0.1, -0.05) is 55.9 Å². The zero-order valence-electron chi connectivity index (χ0n) is 12.8. The summed E-state index contributed by atoms with van der Waals surface area (Å²) < 4.78 is 3.26. The third-order valence-corrected chi connectivity index (χ3v) is 4.69. The molecule has 110 valence electrons. The maximum atomic E-state index is 5.55. The van der Waals surface area contributed by atoms with Crippen molar-refractivity contribution in [3.05, 3.63) is 46.2 Å². The van der Waals surface area contributed by atoms with Gasteiger partial charge in [0.15, 0.2) is 0 Å². The minimum atomic E-state index is 0.472. The molecule has 0 bridgehead atoms. The van der Waals surface area contributed by atoms with Crippen molar-refractivity contribution in [2.45, 2.75) is 52.0 Å². The van der Waals surface area contributed by atoms with Crippen LogP contribution < -0.4 is 0 Å². The van der Waals surface area contributed by atoms with Crippen molar-refractivity contribution in [1.29, 1.82) is 0 Å². The first kappa shape index (κ1) is 14.5. The van der Waals surface area contributed by atoms with Gasteiger partial charge in [-0.3, -0.25) is 0 Å². The third kappa shape index (κ3) is 2.67. The topological polar surface area (TPSA) is 17.8 Å². The van der Waals surface area contributed by atoms with Crippen molar-refractivity contribution in [3.63, 3.8) is 0 Å². The molecule has 1 aromatic heterocycles. The van der Waals surface area contributed by atoms with Crippen molar-refractivity contribution in [1.82, 2.24) is 9.55 Å². The van der Waals surface area contributed by atoms with Crippen LogP contribution in [0.3, 0.4) is 0 Å². The van der Waals surface area contributed by atoms with Crippen molar-refractivity contribution in [2.24, 2.45) is 0 Å². The second-order valence-electron chi connectivity index (χ2n) is 5.89. The van der Waals surface area contributed by atoms with E-state index in [1.165, 1.54) is 36.1 Å². The van der Waals surface area contributed by atoms with E-state index in [1.54, 1.807) is 0 Å². The van der Waals surface area contributed by atoms with Gasteiger partial charge in [0.05, 0.1) is 0 Å². The number of benzene rings is 1. The van der Waals surface area contributed by atoms with Crippen molar-refractivity contribution in [3.8, 4) is 11.4 Å². The van der Waals surface area contributed by atoms with Gasteiger partial charge in [0.2, 0.25) is 0 Å². The molecule has 1 aliphatic carbocycles. The van der Waals surface area contributed by atoms with Gasteiger partial charge in [-0.05, 0) is 32.6 Å². The molecule has 2 aromatic rings. The molecule has 0 spiro atoms. The van der Waals surface area contributed by atoms with Crippen LogP contribution in [0.1, 0.15) is 50.4 Å². The molecule has 1 aromatic carbocycles. The zero-order chi connectivity index (χ0) is 14.8. The van der Waals surface area contributed by atoms with E-state index in [0.29, 0.717) is 6.04 Å². The molecule has 1 aliphatic rings. The SMILES string of the molecule is CCCC(C)n1c(-c2ccccc2)nc(=S)c2c1CCC2. The van der Waals surface area contributed by atoms with Crippen LogP contribution >= 0.6 is 12.2 Å². The number of hydrogen-bond donors (Lipinski definition) is 0. The lowest BCUT2D eigenvalue weighted by atomic mass is 10.1. The summed E-state index contributed by atoms with van der Waals surface area (Å²) in [5, 5.41) is 0. The minimum Gasteiger partial charge on any atom is -0.326 e. The second-order valence-corrected chi connectivity index (χ2v) is 6.28. The lowest BCUT2D eigenvalue weighted by molar-refractivity contribution is 0.482. The van der Waals surface area contributed by atoms with Crippen LogP contribution in [0, 0.1) is 4.64 Å². The quantitative estimate of drug-likeness (QED) is 0.728. The number of hydrogen-bond acceptors (Lipinski definition) is 2. The summed E-state index contributed by atoms with van der Waals surface area (Å²) in [5.74, 6) is 1.04. The van der Waals surface area contributed by atoms with Gasteiger partial charge in [0.1, 0.15) is 10.5 Å². The molecule has 1 heterocycles. The van der Waals surface area contributed by atoms with Crippen LogP contribution in [0.2, 0.25) is 0 Å². The molecular formula is C18H22N2S. The summed E-state index contributed by atoms with van der Waals surface area (Å²) in [6.45, 7) is 4.55. The first-order chi connectivity index (χ1) is 10.2. The number of nitrogens with zero attached hydrogens (tertiary/aromatic N) is 2. The Morgan fingerprint density at radius 2 is 2.00 bits per heavy atom.